The maximum Gasteiger partial charge on any atom is 0.0349 e. The molecule has 0 radical (unpaired) electrons. The quantitative estimate of drug-likeness (QED) is 0.593. The normalized spacial score (nSPS) is 23.6. The Balaban J connectivity index is 1.46. The average Bonchev–Trinajstić information content (AvgIpc) is 3.14. The van der Waals surface area contributed by atoms with E-state index in [2.05, 4.69) is 71.0 Å². The Morgan fingerprint density at radius 2 is 1.79 bits per heavy atom. The van der Waals surface area contributed by atoms with E-state index in [1.807, 2.05) is 11.3 Å². The first-order valence-electron chi connectivity index (χ1n) is 8.85. The molecule has 2 aliphatic rings. The Hall–Kier alpha value is -1.90. The van der Waals surface area contributed by atoms with E-state index in [1.54, 1.807) is 5.57 Å². The summed E-state index contributed by atoms with van der Waals surface area (Å²) < 4.78 is 1.41. The van der Waals surface area contributed by atoms with E-state index in [-0.39, 0.29) is 0 Å². The Labute approximate surface area is 147 Å². The molecule has 2 unspecified atom stereocenters. The van der Waals surface area contributed by atoms with Crippen LogP contribution in [0.25, 0.3) is 15.7 Å². The third-order valence-electron chi connectivity index (χ3n) is 5.57. The zero-order valence-corrected chi connectivity index (χ0v) is 14.5. The van der Waals surface area contributed by atoms with Crippen LogP contribution in [0.3, 0.4) is 0 Å². The molecule has 2 aromatic carbocycles. The molecule has 120 valence electrons. The van der Waals surface area contributed by atoms with E-state index in [9.17, 15) is 0 Å². The summed E-state index contributed by atoms with van der Waals surface area (Å²) in [5, 5.41) is 3.80. The number of fused-ring (bicyclic) bond motifs is 3. The third-order valence-corrected chi connectivity index (χ3v) is 6.54. The number of hydrogen-bond acceptors (Lipinski definition) is 2. The Kier molecular flexibility index (Phi) is 3.53. The summed E-state index contributed by atoms with van der Waals surface area (Å²) in [5.74, 6) is 0. The van der Waals surface area contributed by atoms with Crippen molar-refractivity contribution >= 4 is 27.0 Å². The molecule has 2 heteroatoms. The van der Waals surface area contributed by atoms with Crippen LogP contribution in [-0.4, -0.2) is 17.0 Å². The summed E-state index contributed by atoms with van der Waals surface area (Å²) in [6.07, 6.45) is 6.40. The molecule has 0 saturated carbocycles. The first-order chi connectivity index (χ1) is 11.9. The van der Waals surface area contributed by atoms with Crippen LogP contribution in [0.15, 0.2) is 66.1 Å². The van der Waals surface area contributed by atoms with Gasteiger partial charge in [0.25, 0.3) is 0 Å². The van der Waals surface area contributed by atoms with Gasteiger partial charge in [0.2, 0.25) is 0 Å². The fraction of sp³-hybridized carbons (Fsp3) is 0.273. The van der Waals surface area contributed by atoms with Crippen LogP contribution in [0.4, 0.5) is 0 Å². The molecule has 2 atom stereocenters. The number of benzene rings is 2. The van der Waals surface area contributed by atoms with Crippen LogP contribution in [0.1, 0.15) is 30.4 Å². The molecule has 1 aromatic heterocycles. The van der Waals surface area contributed by atoms with E-state index in [1.165, 1.54) is 40.5 Å². The van der Waals surface area contributed by atoms with Gasteiger partial charge < -0.3 is 0 Å². The van der Waals surface area contributed by atoms with Crippen molar-refractivity contribution in [3.8, 4) is 0 Å². The van der Waals surface area contributed by atoms with Crippen molar-refractivity contribution in [2.75, 3.05) is 0 Å². The monoisotopic (exact) mass is 331 g/mol. The SMILES string of the molecule is C1=C(c2csc3ccccc23)CC2CCC1N2Cc1ccccc1. The van der Waals surface area contributed by atoms with E-state index >= 15 is 0 Å². The van der Waals surface area contributed by atoms with Gasteiger partial charge in [-0.1, -0.05) is 54.6 Å². The van der Waals surface area contributed by atoms with E-state index < -0.39 is 0 Å². The maximum absolute atomic E-state index is 2.72. The molecule has 24 heavy (non-hydrogen) atoms. The Morgan fingerprint density at radius 1 is 0.958 bits per heavy atom. The van der Waals surface area contributed by atoms with Crippen LogP contribution < -0.4 is 0 Å². The minimum atomic E-state index is 0.609. The second-order valence-electron chi connectivity index (χ2n) is 7.00. The van der Waals surface area contributed by atoms with Crippen molar-refractivity contribution in [1.29, 1.82) is 0 Å². The second kappa shape index (κ2) is 5.87. The molecule has 0 aliphatic carbocycles. The lowest BCUT2D eigenvalue weighted by Crippen LogP contribution is -2.37. The molecule has 3 heterocycles. The van der Waals surface area contributed by atoms with Gasteiger partial charge in [-0.25, -0.2) is 0 Å². The molecule has 5 rings (SSSR count). The number of hydrogen-bond donors (Lipinski definition) is 0. The summed E-state index contributed by atoms with van der Waals surface area (Å²) in [4.78, 5) is 2.72. The first-order valence-corrected chi connectivity index (χ1v) is 9.73. The van der Waals surface area contributed by atoms with Gasteiger partial charge in [-0.3, -0.25) is 4.90 Å². The van der Waals surface area contributed by atoms with E-state index in [0.717, 1.165) is 6.54 Å². The van der Waals surface area contributed by atoms with Crippen molar-refractivity contribution in [2.45, 2.75) is 37.9 Å². The molecular formula is C22H21NS. The molecule has 0 N–H and O–H groups in total. The highest BCUT2D eigenvalue weighted by atomic mass is 32.1. The van der Waals surface area contributed by atoms with Crippen molar-refractivity contribution in [2.24, 2.45) is 0 Å². The Bertz CT molecular complexity index is 892. The van der Waals surface area contributed by atoms with E-state index in [0.29, 0.717) is 12.1 Å². The molecular weight excluding hydrogens is 310 g/mol. The topological polar surface area (TPSA) is 3.24 Å². The van der Waals surface area contributed by atoms with Crippen LogP contribution in [0.5, 0.6) is 0 Å². The van der Waals surface area contributed by atoms with E-state index in [4.69, 9.17) is 0 Å². The minimum Gasteiger partial charge on any atom is -0.289 e. The average molecular weight is 331 g/mol. The molecule has 2 bridgehead atoms. The highest BCUT2D eigenvalue weighted by Crippen LogP contribution is 2.42. The zero-order chi connectivity index (χ0) is 15.9. The lowest BCUT2D eigenvalue weighted by molar-refractivity contribution is 0.203. The molecule has 1 fully saturated rings. The van der Waals surface area contributed by atoms with Gasteiger partial charge in [-0.05, 0) is 52.8 Å². The van der Waals surface area contributed by atoms with Gasteiger partial charge in [-0.15, -0.1) is 11.3 Å². The van der Waals surface area contributed by atoms with Crippen LogP contribution in [0.2, 0.25) is 0 Å². The summed E-state index contributed by atoms with van der Waals surface area (Å²) in [6.45, 7) is 1.09. The largest absolute Gasteiger partial charge is 0.289 e. The highest BCUT2D eigenvalue weighted by Gasteiger charge is 2.36. The van der Waals surface area contributed by atoms with Crippen molar-refractivity contribution in [1.82, 2.24) is 4.90 Å². The number of rotatable bonds is 3. The molecule has 2 aliphatic heterocycles. The van der Waals surface area contributed by atoms with Gasteiger partial charge in [0, 0.05) is 23.3 Å². The van der Waals surface area contributed by atoms with Crippen molar-refractivity contribution in [3.63, 3.8) is 0 Å². The van der Waals surface area contributed by atoms with Gasteiger partial charge in [-0.2, -0.15) is 0 Å². The lowest BCUT2D eigenvalue weighted by atomic mass is 9.94. The smallest absolute Gasteiger partial charge is 0.0349 e. The standard InChI is InChI=1S/C22H21NS/c1-2-6-16(7-3-1)14-23-18-10-11-19(23)13-17(12-18)21-15-24-22-9-5-4-8-20(21)22/h1-9,12,15,18-19H,10-11,13-14H2. The summed E-state index contributed by atoms with van der Waals surface area (Å²) >= 11 is 1.88. The number of thiophene rings is 1. The molecule has 3 aromatic rings. The van der Waals surface area contributed by atoms with Gasteiger partial charge in [0.1, 0.15) is 0 Å². The minimum absolute atomic E-state index is 0.609. The van der Waals surface area contributed by atoms with Gasteiger partial charge >= 0.3 is 0 Å². The zero-order valence-electron chi connectivity index (χ0n) is 13.7. The van der Waals surface area contributed by atoms with Crippen LogP contribution in [-0.2, 0) is 6.54 Å². The fourth-order valence-corrected chi connectivity index (χ4v) is 5.37. The van der Waals surface area contributed by atoms with Crippen molar-refractivity contribution < 1.29 is 0 Å². The van der Waals surface area contributed by atoms with Crippen LogP contribution >= 0.6 is 11.3 Å². The summed E-state index contributed by atoms with van der Waals surface area (Å²) in [7, 11) is 0. The molecule has 0 amide bonds. The lowest BCUT2D eigenvalue weighted by Gasteiger charge is -2.34. The van der Waals surface area contributed by atoms with Gasteiger partial charge in [0.15, 0.2) is 0 Å². The summed E-state index contributed by atoms with van der Waals surface area (Å²) in [5.41, 5.74) is 4.49. The second-order valence-corrected chi connectivity index (χ2v) is 7.91. The van der Waals surface area contributed by atoms with Gasteiger partial charge in [0.05, 0.1) is 0 Å². The molecule has 0 spiro atoms. The number of nitrogens with zero attached hydrogens (tertiary/aromatic N) is 1. The molecule has 1 saturated heterocycles. The van der Waals surface area contributed by atoms with Crippen molar-refractivity contribution in [3.05, 3.63) is 77.2 Å². The maximum atomic E-state index is 2.72. The summed E-state index contributed by atoms with van der Waals surface area (Å²) in [6, 6.07) is 21.1. The van der Waals surface area contributed by atoms with Crippen LogP contribution in [0, 0.1) is 0 Å². The predicted molar refractivity (Wildman–Crippen MR) is 103 cm³/mol. The third kappa shape index (κ3) is 2.42. The highest BCUT2D eigenvalue weighted by molar-refractivity contribution is 7.17. The fourth-order valence-electron chi connectivity index (χ4n) is 4.38. The Morgan fingerprint density at radius 3 is 2.67 bits per heavy atom. The first kappa shape index (κ1) is 14.4. The molecule has 1 nitrogen and oxygen atoms in total. The predicted octanol–water partition coefficient (Wildman–Crippen LogP) is 5.72.